The summed E-state index contributed by atoms with van der Waals surface area (Å²) in [5.41, 5.74) is 1.41. The molecule has 0 saturated carbocycles. The van der Waals surface area contributed by atoms with Gasteiger partial charge >= 0.3 is 0 Å². The van der Waals surface area contributed by atoms with Crippen molar-refractivity contribution < 1.29 is 4.92 Å². The van der Waals surface area contributed by atoms with Crippen molar-refractivity contribution in [2.75, 3.05) is 0 Å². The van der Waals surface area contributed by atoms with Crippen molar-refractivity contribution in [3.05, 3.63) is 39.9 Å². The summed E-state index contributed by atoms with van der Waals surface area (Å²) in [7, 11) is 0. The van der Waals surface area contributed by atoms with Gasteiger partial charge < -0.3 is 5.41 Å². The number of hydrogen-bond donors (Lipinski definition) is 1. The van der Waals surface area contributed by atoms with Gasteiger partial charge in [0.25, 0.3) is 5.69 Å². The van der Waals surface area contributed by atoms with Crippen LogP contribution in [0.5, 0.6) is 0 Å². The molecule has 0 bridgehead atoms. The molecular formula is C12H16N2O2. The van der Waals surface area contributed by atoms with Crippen LogP contribution in [0.2, 0.25) is 0 Å². The van der Waals surface area contributed by atoms with E-state index in [4.69, 9.17) is 5.41 Å². The Balaban J connectivity index is 2.59. The Hall–Kier alpha value is -1.71. The van der Waals surface area contributed by atoms with Crippen molar-refractivity contribution in [3.8, 4) is 0 Å². The van der Waals surface area contributed by atoms with E-state index >= 15 is 0 Å². The molecule has 86 valence electrons. The van der Waals surface area contributed by atoms with E-state index in [0.29, 0.717) is 5.71 Å². The minimum absolute atomic E-state index is 0.0742. The SMILES string of the molecule is CCCCCC(=N)c1ccc([N+](=O)[O-])cc1. The lowest BCUT2D eigenvalue weighted by atomic mass is 10.0. The van der Waals surface area contributed by atoms with Crippen LogP contribution in [0.3, 0.4) is 0 Å². The molecule has 0 amide bonds. The fraction of sp³-hybridized carbons (Fsp3) is 0.417. The van der Waals surface area contributed by atoms with Crippen molar-refractivity contribution in [1.29, 1.82) is 5.41 Å². The maximum Gasteiger partial charge on any atom is 0.269 e. The molecule has 4 heteroatoms. The van der Waals surface area contributed by atoms with Gasteiger partial charge in [0.1, 0.15) is 0 Å². The molecule has 4 nitrogen and oxygen atoms in total. The largest absolute Gasteiger partial charge is 0.305 e. The van der Waals surface area contributed by atoms with Crippen LogP contribution in [0.4, 0.5) is 5.69 Å². The van der Waals surface area contributed by atoms with Gasteiger partial charge in [-0.1, -0.05) is 19.8 Å². The second kappa shape index (κ2) is 6.00. The summed E-state index contributed by atoms with van der Waals surface area (Å²) in [6.07, 6.45) is 4.00. The maximum atomic E-state index is 10.4. The summed E-state index contributed by atoms with van der Waals surface area (Å²) in [5, 5.41) is 18.3. The molecule has 0 aliphatic carbocycles. The molecule has 0 aliphatic heterocycles. The molecule has 0 aromatic heterocycles. The Morgan fingerprint density at radius 1 is 1.31 bits per heavy atom. The van der Waals surface area contributed by atoms with E-state index in [0.717, 1.165) is 31.2 Å². The van der Waals surface area contributed by atoms with Gasteiger partial charge in [0.15, 0.2) is 0 Å². The number of rotatable bonds is 6. The number of nitro groups is 1. The van der Waals surface area contributed by atoms with E-state index in [1.807, 2.05) is 0 Å². The van der Waals surface area contributed by atoms with E-state index < -0.39 is 4.92 Å². The third-order valence-corrected chi connectivity index (χ3v) is 2.46. The quantitative estimate of drug-likeness (QED) is 0.345. The van der Waals surface area contributed by atoms with Crippen LogP contribution in [-0.2, 0) is 0 Å². The number of hydrogen-bond acceptors (Lipinski definition) is 3. The van der Waals surface area contributed by atoms with Crippen LogP contribution >= 0.6 is 0 Å². The Labute approximate surface area is 95.0 Å². The number of benzene rings is 1. The molecule has 0 heterocycles. The molecule has 1 rings (SSSR count). The first-order valence-corrected chi connectivity index (χ1v) is 5.47. The van der Waals surface area contributed by atoms with Gasteiger partial charge in [-0.2, -0.15) is 0 Å². The van der Waals surface area contributed by atoms with Crippen molar-refractivity contribution in [2.45, 2.75) is 32.6 Å². The number of unbranched alkanes of at least 4 members (excludes halogenated alkanes) is 2. The first kappa shape index (κ1) is 12.4. The summed E-state index contributed by atoms with van der Waals surface area (Å²) >= 11 is 0. The second-order valence-corrected chi connectivity index (χ2v) is 3.74. The number of nitrogens with zero attached hydrogens (tertiary/aromatic N) is 1. The molecule has 0 radical (unpaired) electrons. The van der Waals surface area contributed by atoms with Gasteiger partial charge in [-0.15, -0.1) is 0 Å². The molecule has 0 unspecified atom stereocenters. The Bertz CT molecular complexity index is 371. The van der Waals surface area contributed by atoms with Crippen LogP contribution in [0.15, 0.2) is 24.3 Å². The lowest BCUT2D eigenvalue weighted by Crippen LogP contribution is -1.99. The van der Waals surface area contributed by atoms with E-state index in [2.05, 4.69) is 6.92 Å². The summed E-state index contributed by atoms with van der Waals surface area (Å²) in [6, 6.07) is 6.19. The van der Waals surface area contributed by atoms with Crippen LogP contribution < -0.4 is 0 Å². The first-order chi connectivity index (χ1) is 7.65. The third-order valence-electron chi connectivity index (χ3n) is 2.46. The average Bonchev–Trinajstić information content (AvgIpc) is 2.29. The molecule has 0 saturated heterocycles. The average molecular weight is 220 g/mol. The fourth-order valence-electron chi connectivity index (χ4n) is 1.48. The van der Waals surface area contributed by atoms with Crippen LogP contribution in [-0.4, -0.2) is 10.6 Å². The predicted octanol–water partition coefficient (Wildman–Crippen LogP) is 3.54. The zero-order valence-corrected chi connectivity index (χ0v) is 9.40. The second-order valence-electron chi connectivity index (χ2n) is 3.74. The minimum Gasteiger partial charge on any atom is -0.305 e. The van der Waals surface area contributed by atoms with Gasteiger partial charge in [-0.05, 0) is 30.5 Å². The van der Waals surface area contributed by atoms with E-state index in [1.54, 1.807) is 12.1 Å². The maximum absolute atomic E-state index is 10.4. The lowest BCUT2D eigenvalue weighted by Gasteiger charge is -2.03. The number of nitro benzene ring substituents is 1. The normalized spacial score (nSPS) is 10.1. The highest BCUT2D eigenvalue weighted by molar-refractivity contribution is 5.98. The van der Waals surface area contributed by atoms with Crippen molar-refractivity contribution in [3.63, 3.8) is 0 Å². The van der Waals surface area contributed by atoms with Gasteiger partial charge in [0.2, 0.25) is 0 Å². The standard InChI is InChI=1S/C12H16N2O2/c1-2-3-4-5-12(13)10-6-8-11(9-7-10)14(15)16/h6-9,13H,2-5H2,1H3. The van der Waals surface area contributed by atoms with Crippen LogP contribution in [0.1, 0.15) is 38.2 Å². The molecule has 1 N–H and O–H groups in total. The lowest BCUT2D eigenvalue weighted by molar-refractivity contribution is -0.384. The van der Waals surface area contributed by atoms with Gasteiger partial charge in [0.05, 0.1) is 4.92 Å². The number of non-ortho nitro benzene ring substituents is 1. The minimum atomic E-state index is -0.426. The van der Waals surface area contributed by atoms with E-state index in [-0.39, 0.29) is 5.69 Å². The summed E-state index contributed by atoms with van der Waals surface area (Å²) < 4.78 is 0. The third kappa shape index (κ3) is 3.46. The smallest absolute Gasteiger partial charge is 0.269 e. The molecule has 1 aromatic rings. The monoisotopic (exact) mass is 220 g/mol. The molecule has 0 atom stereocenters. The Morgan fingerprint density at radius 3 is 2.44 bits per heavy atom. The Kier molecular flexibility index (Phi) is 4.64. The van der Waals surface area contributed by atoms with Crippen molar-refractivity contribution in [2.24, 2.45) is 0 Å². The zero-order chi connectivity index (χ0) is 12.0. The molecule has 0 aliphatic rings. The summed E-state index contributed by atoms with van der Waals surface area (Å²) in [5.74, 6) is 0. The molecule has 0 fully saturated rings. The van der Waals surface area contributed by atoms with Crippen molar-refractivity contribution in [1.82, 2.24) is 0 Å². The highest BCUT2D eigenvalue weighted by Gasteiger charge is 2.06. The van der Waals surface area contributed by atoms with E-state index in [9.17, 15) is 10.1 Å². The fourth-order valence-corrected chi connectivity index (χ4v) is 1.48. The van der Waals surface area contributed by atoms with Gasteiger partial charge in [-0.3, -0.25) is 10.1 Å². The summed E-state index contributed by atoms with van der Waals surface area (Å²) in [4.78, 5) is 10.0. The van der Waals surface area contributed by atoms with Crippen LogP contribution in [0, 0.1) is 15.5 Å². The molecule has 1 aromatic carbocycles. The highest BCUT2D eigenvalue weighted by atomic mass is 16.6. The molecule has 16 heavy (non-hydrogen) atoms. The Morgan fingerprint density at radius 2 is 1.94 bits per heavy atom. The highest BCUT2D eigenvalue weighted by Crippen LogP contribution is 2.14. The van der Waals surface area contributed by atoms with Gasteiger partial charge in [-0.25, -0.2) is 0 Å². The van der Waals surface area contributed by atoms with E-state index in [1.165, 1.54) is 12.1 Å². The van der Waals surface area contributed by atoms with Gasteiger partial charge in [0, 0.05) is 17.8 Å². The van der Waals surface area contributed by atoms with Crippen molar-refractivity contribution >= 4 is 11.4 Å². The summed E-state index contributed by atoms with van der Waals surface area (Å²) in [6.45, 7) is 2.12. The molecular weight excluding hydrogens is 204 g/mol. The first-order valence-electron chi connectivity index (χ1n) is 5.47. The molecule has 0 spiro atoms. The topological polar surface area (TPSA) is 67.0 Å². The zero-order valence-electron chi connectivity index (χ0n) is 9.40. The predicted molar refractivity (Wildman–Crippen MR) is 64.1 cm³/mol. The number of nitrogens with one attached hydrogen (secondary N) is 1. The van der Waals surface area contributed by atoms with Crippen LogP contribution in [0.25, 0.3) is 0 Å².